The van der Waals surface area contributed by atoms with Crippen molar-refractivity contribution in [1.29, 1.82) is 0 Å². The fourth-order valence-electron chi connectivity index (χ4n) is 5.75. The average molecular weight is 503 g/mol. The Hall–Kier alpha value is -3.25. The molecule has 6 heteroatoms. The number of phenolic OH excluding ortho intramolecular Hbond substituents is 1. The first kappa shape index (κ1) is 26.8. The largest absolute Gasteiger partial charge is 0.507 e. The zero-order chi connectivity index (χ0) is 26.4. The number of carbonyl (C=O) groups excluding carboxylic acids is 1. The van der Waals surface area contributed by atoms with Crippen molar-refractivity contribution in [2.75, 3.05) is 18.9 Å². The molecule has 1 saturated heterocycles. The lowest BCUT2D eigenvalue weighted by Gasteiger charge is -2.39. The number of likely N-dealkylation sites (tertiary alicyclic amines) is 1. The van der Waals surface area contributed by atoms with E-state index >= 15 is 0 Å². The van der Waals surface area contributed by atoms with E-state index in [4.69, 9.17) is 0 Å². The van der Waals surface area contributed by atoms with Crippen LogP contribution in [0, 0.1) is 5.92 Å². The van der Waals surface area contributed by atoms with Gasteiger partial charge in [0.1, 0.15) is 11.8 Å². The van der Waals surface area contributed by atoms with Gasteiger partial charge in [0.2, 0.25) is 5.91 Å². The van der Waals surface area contributed by atoms with Gasteiger partial charge in [-0.2, -0.15) is 0 Å². The minimum Gasteiger partial charge on any atom is -0.507 e. The number of para-hydroxylation sites is 2. The molecule has 1 saturated carbocycles. The Morgan fingerprint density at radius 2 is 1.65 bits per heavy atom. The molecule has 2 aromatic carbocycles. The third kappa shape index (κ3) is 6.19. The number of phenols is 1. The second-order valence-corrected chi connectivity index (χ2v) is 10.5. The Balaban J connectivity index is 1.54. The van der Waals surface area contributed by atoms with Gasteiger partial charge in [-0.05, 0) is 57.7 Å². The van der Waals surface area contributed by atoms with Crippen LogP contribution < -0.4 is 16.0 Å². The SMILES string of the molecule is C=C(N[C@H](C(=C)N1CCC[C@H]1C(=O)Nc1ccccc1-c1ccccc1O)C1CCCCC1)[C@H](C)NC. The number of rotatable bonds is 10. The van der Waals surface area contributed by atoms with Crippen LogP contribution in [-0.4, -0.2) is 47.6 Å². The molecule has 4 N–H and O–H groups in total. The molecule has 0 spiro atoms. The molecule has 3 atom stereocenters. The Bertz CT molecular complexity index is 1110. The molecule has 4 rings (SSSR count). The van der Waals surface area contributed by atoms with E-state index in [0.29, 0.717) is 17.2 Å². The van der Waals surface area contributed by atoms with Crippen LogP contribution in [0.2, 0.25) is 0 Å². The smallest absolute Gasteiger partial charge is 0.247 e. The van der Waals surface area contributed by atoms with E-state index in [1.807, 2.05) is 43.4 Å². The Morgan fingerprint density at radius 3 is 2.35 bits per heavy atom. The maximum atomic E-state index is 13.7. The Labute approximate surface area is 221 Å². The number of aromatic hydroxyl groups is 1. The molecule has 2 aliphatic rings. The number of hydrogen-bond acceptors (Lipinski definition) is 5. The quantitative estimate of drug-likeness (QED) is 0.338. The molecule has 6 nitrogen and oxygen atoms in total. The molecule has 37 heavy (non-hydrogen) atoms. The molecule has 2 aromatic rings. The van der Waals surface area contributed by atoms with Crippen LogP contribution in [0.5, 0.6) is 5.75 Å². The van der Waals surface area contributed by atoms with Crippen LogP contribution in [0.15, 0.2) is 73.1 Å². The summed E-state index contributed by atoms with van der Waals surface area (Å²) >= 11 is 0. The first-order valence-corrected chi connectivity index (χ1v) is 13.7. The highest BCUT2D eigenvalue weighted by Gasteiger charge is 2.37. The molecule has 0 aromatic heterocycles. The van der Waals surface area contributed by atoms with Crippen LogP contribution in [-0.2, 0) is 4.79 Å². The second-order valence-electron chi connectivity index (χ2n) is 10.5. The predicted molar refractivity (Wildman–Crippen MR) is 152 cm³/mol. The van der Waals surface area contributed by atoms with Crippen LogP contribution >= 0.6 is 0 Å². The fraction of sp³-hybridized carbons (Fsp3) is 0.452. The van der Waals surface area contributed by atoms with Crippen molar-refractivity contribution in [3.63, 3.8) is 0 Å². The highest BCUT2D eigenvalue weighted by Crippen LogP contribution is 2.36. The van der Waals surface area contributed by atoms with E-state index in [0.717, 1.165) is 49.2 Å². The van der Waals surface area contributed by atoms with Gasteiger partial charge in [0, 0.05) is 40.8 Å². The first-order chi connectivity index (χ1) is 17.9. The first-order valence-electron chi connectivity index (χ1n) is 13.7. The molecular weight excluding hydrogens is 460 g/mol. The molecule has 2 fully saturated rings. The zero-order valence-corrected chi connectivity index (χ0v) is 22.3. The Morgan fingerprint density at radius 1 is 0.973 bits per heavy atom. The van der Waals surface area contributed by atoms with E-state index in [2.05, 4.69) is 40.9 Å². The maximum Gasteiger partial charge on any atom is 0.247 e. The van der Waals surface area contributed by atoms with Crippen molar-refractivity contribution in [2.24, 2.45) is 5.92 Å². The minimum atomic E-state index is -0.284. The van der Waals surface area contributed by atoms with Crippen molar-refractivity contribution >= 4 is 11.6 Å². The molecule has 198 valence electrons. The number of anilines is 1. The third-order valence-corrected chi connectivity index (χ3v) is 8.08. The summed E-state index contributed by atoms with van der Waals surface area (Å²) in [6.07, 6.45) is 7.81. The van der Waals surface area contributed by atoms with Gasteiger partial charge < -0.3 is 26.0 Å². The number of carbonyl (C=O) groups is 1. The third-order valence-electron chi connectivity index (χ3n) is 8.08. The number of nitrogens with one attached hydrogen (secondary N) is 3. The fourth-order valence-corrected chi connectivity index (χ4v) is 5.75. The van der Waals surface area contributed by atoms with E-state index < -0.39 is 0 Å². The summed E-state index contributed by atoms with van der Waals surface area (Å²) in [5.41, 5.74) is 4.14. The van der Waals surface area contributed by atoms with Crippen LogP contribution in [0.1, 0.15) is 51.9 Å². The molecule has 0 unspecified atom stereocenters. The van der Waals surface area contributed by atoms with Crippen LogP contribution in [0.3, 0.4) is 0 Å². The number of amides is 1. The van der Waals surface area contributed by atoms with Gasteiger partial charge in [-0.3, -0.25) is 4.79 Å². The number of nitrogens with zero attached hydrogens (tertiary/aromatic N) is 1. The lowest BCUT2D eigenvalue weighted by atomic mass is 9.82. The van der Waals surface area contributed by atoms with Gasteiger partial charge in [-0.25, -0.2) is 0 Å². The lowest BCUT2D eigenvalue weighted by Crippen LogP contribution is -2.49. The van der Waals surface area contributed by atoms with E-state index in [9.17, 15) is 9.90 Å². The van der Waals surface area contributed by atoms with Gasteiger partial charge >= 0.3 is 0 Å². The topological polar surface area (TPSA) is 76.6 Å². The second kappa shape index (κ2) is 12.3. The van der Waals surface area contributed by atoms with Crippen molar-refractivity contribution in [3.05, 3.63) is 73.1 Å². The molecule has 0 radical (unpaired) electrons. The highest BCUT2D eigenvalue weighted by atomic mass is 16.3. The van der Waals surface area contributed by atoms with Gasteiger partial charge in [-0.1, -0.05) is 68.8 Å². The number of hydrogen-bond donors (Lipinski definition) is 4. The highest BCUT2D eigenvalue weighted by molar-refractivity contribution is 5.99. The number of likely N-dealkylation sites (N-methyl/N-ethyl adjacent to an activating group) is 1. The van der Waals surface area contributed by atoms with Gasteiger partial charge in [0.25, 0.3) is 0 Å². The van der Waals surface area contributed by atoms with Crippen LogP contribution in [0.4, 0.5) is 5.69 Å². The van der Waals surface area contributed by atoms with Crippen LogP contribution in [0.25, 0.3) is 11.1 Å². The molecule has 1 aliphatic heterocycles. The van der Waals surface area contributed by atoms with Gasteiger partial charge in [0.05, 0.1) is 6.04 Å². The predicted octanol–water partition coefficient (Wildman–Crippen LogP) is 5.64. The summed E-state index contributed by atoms with van der Waals surface area (Å²) in [5.74, 6) is 0.636. The van der Waals surface area contributed by atoms with Crippen molar-refractivity contribution in [2.45, 2.75) is 70.0 Å². The van der Waals surface area contributed by atoms with E-state index in [1.54, 1.807) is 12.1 Å². The molecule has 1 heterocycles. The Kier molecular flexibility index (Phi) is 8.93. The maximum absolute atomic E-state index is 13.7. The van der Waals surface area contributed by atoms with E-state index in [-0.39, 0.29) is 29.8 Å². The summed E-state index contributed by atoms with van der Waals surface area (Å²) < 4.78 is 0. The van der Waals surface area contributed by atoms with E-state index in [1.165, 1.54) is 19.3 Å². The monoisotopic (exact) mass is 502 g/mol. The summed E-state index contributed by atoms with van der Waals surface area (Å²) in [7, 11) is 1.94. The standard InChI is InChI=1S/C31H42N4O2/c1-21(32-4)22(2)33-30(24-13-6-5-7-14-24)23(3)35-20-12-18-28(35)31(37)34-27-17-10-8-15-25(27)26-16-9-11-19-29(26)36/h8-11,15-17,19,21,24,28,30,32-33,36H,2-3,5-7,12-14,18,20H2,1,4H3,(H,34,37)/t21-,28-,30+/m0/s1. The normalized spacial score (nSPS) is 19.7. The lowest BCUT2D eigenvalue weighted by molar-refractivity contribution is -0.119. The van der Waals surface area contributed by atoms with Crippen molar-refractivity contribution in [3.8, 4) is 16.9 Å². The summed E-state index contributed by atoms with van der Waals surface area (Å²) in [6, 6.07) is 14.8. The molecule has 0 bridgehead atoms. The molecular formula is C31H42N4O2. The molecule has 1 aliphatic carbocycles. The number of benzene rings is 2. The van der Waals surface area contributed by atoms with Crippen molar-refractivity contribution in [1.82, 2.24) is 15.5 Å². The summed E-state index contributed by atoms with van der Waals surface area (Å²) in [5, 5.41) is 20.6. The summed E-state index contributed by atoms with van der Waals surface area (Å²) in [4.78, 5) is 15.9. The van der Waals surface area contributed by atoms with Crippen molar-refractivity contribution < 1.29 is 9.90 Å². The average Bonchev–Trinajstić information content (AvgIpc) is 3.42. The van der Waals surface area contributed by atoms with Gasteiger partial charge in [-0.15, -0.1) is 0 Å². The van der Waals surface area contributed by atoms with Gasteiger partial charge in [0.15, 0.2) is 0 Å². The zero-order valence-electron chi connectivity index (χ0n) is 22.3. The molecule has 1 amide bonds. The minimum absolute atomic E-state index is 0.0358. The summed E-state index contributed by atoms with van der Waals surface area (Å²) in [6.45, 7) is 11.8.